The third-order valence-corrected chi connectivity index (χ3v) is 3.72. The number of benzene rings is 1. The molecule has 0 aliphatic rings. The second kappa shape index (κ2) is 6.73. The molecule has 0 bridgehead atoms. The summed E-state index contributed by atoms with van der Waals surface area (Å²) in [7, 11) is 0. The summed E-state index contributed by atoms with van der Waals surface area (Å²) in [6.45, 7) is 7.92. The lowest BCUT2D eigenvalue weighted by molar-refractivity contribution is 0.305. The van der Waals surface area contributed by atoms with Gasteiger partial charge in [-0.3, -0.25) is 0 Å². The SMILES string of the molecule is Cc1ccc(OCc2cccs2)c(CNC(C)C)c1. The molecule has 0 saturated carbocycles. The van der Waals surface area contributed by atoms with E-state index >= 15 is 0 Å². The van der Waals surface area contributed by atoms with E-state index in [1.54, 1.807) is 11.3 Å². The van der Waals surface area contributed by atoms with E-state index in [4.69, 9.17) is 4.74 Å². The molecule has 2 rings (SSSR count). The minimum absolute atomic E-state index is 0.477. The van der Waals surface area contributed by atoms with Crippen molar-refractivity contribution < 1.29 is 4.74 Å². The number of hydrogen-bond acceptors (Lipinski definition) is 3. The van der Waals surface area contributed by atoms with Gasteiger partial charge in [0.15, 0.2) is 0 Å². The van der Waals surface area contributed by atoms with Crippen LogP contribution in [0.25, 0.3) is 0 Å². The largest absolute Gasteiger partial charge is 0.488 e. The van der Waals surface area contributed by atoms with Crippen LogP contribution in [0.4, 0.5) is 0 Å². The van der Waals surface area contributed by atoms with Gasteiger partial charge in [-0.1, -0.05) is 37.6 Å². The Morgan fingerprint density at radius 1 is 1.26 bits per heavy atom. The summed E-state index contributed by atoms with van der Waals surface area (Å²) in [6.07, 6.45) is 0. The van der Waals surface area contributed by atoms with Crippen LogP contribution in [0.1, 0.15) is 29.9 Å². The lowest BCUT2D eigenvalue weighted by Crippen LogP contribution is -2.22. The van der Waals surface area contributed by atoms with Gasteiger partial charge in [0.1, 0.15) is 12.4 Å². The fourth-order valence-corrected chi connectivity index (χ4v) is 2.46. The highest BCUT2D eigenvalue weighted by atomic mass is 32.1. The molecule has 1 N–H and O–H groups in total. The van der Waals surface area contributed by atoms with E-state index in [0.717, 1.165) is 12.3 Å². The molecule has 1 heterocycles. The number of thiophene rings is 1. The zero-order chi connectivity index (χ0) is 13.7. The molecule has 0 aliphatic carbocycles. The van der Waals surface area contributed by atoms with Gasteiger partial charge in [0.2, 0.25) is 0 Å². The van der Waals surface area contributed by atoms with Crippen molar-refractivity contribution in [3.05, 3.63) is 51.7 Å². The smallest absolute Gasteiger partial charge is 0.124 e. The first-order valence-electron chi connectivity index (χ1n) is 6.63. The monoisotopic (exact) mass is 275 g/mol. The highest BCUT2D eigenvalue weighted by Crippen LogP contribution is 2.22. The van der Waals surface area contributed by atoms with Gasteiger partial charge >= 0.3 is 0 Å². The molecule has 0 spiro atoms. The molecule has 0 fully saturated rings. The Morgan fingerprint density at radius 2 is 2.11 bits per heavy atom. The molecular formula is C16H21NOS. The molecule has 0 unspecified atom stereocenters. The Morgan fingerprint density at radius 3 is 2.79 bits per heavy atom. The topological polar surface area (TPSA) is 21.3 Å². The molecule has 0 aliphatic heterocycles. The quantitative estimate of drug-likeness (QED) is 0.855. The van der Waals surface area contributed by atoms with E-state index in [1.165, 1.54) is 16.0 Å². The normalized spacial score (nSPS) is 10.9. The van der Waals surface area contributed by atoms with Crippen LogP contribution in [0.2, 0.25) is 0 Å². The fourth-order valence-electron chi connectivity index (χ4n) is 1.84. The van der Waals surface area contributed by atoms with Gasteiger partial charge in [-0.05, 0) is 24.4 Å². The maximum absolute atomic E-state index is 5.94. The molecular weight excluding hydrogens is 254 g/mol. The van der Waals surface area contributed by atoms with Crippen LogP contribution in [0, 0.1) is 6.92 Å². The number of ether oxygens (including phenoxy) is 1. The second-order valence-electron chi connectivity index (χ2n) is 5.01. The second-order valence-corrected chi connectivity index (χ2v) is 6.05. The van der Waals surface area contributed by atoms with Crippen LogP contribution in [-0.2, 0) is 13.2 Å². The van der Waals surface area contributed by atoms with Crippen LogP contribution in [0.15, 0.2) is 35.7 Å². The van der Waals surface area contributed by atoms with Crippen LogP contribution in [0.3, 0.4) is 0 Å². The highest BCUT2D eigenvalue weighted by molar-refractivity contribution is 7.09. The lowest BCUT2D eigenvalue weighted by atomic mass is 10.1. The van der Waals surface area contributed by atoms with Crippen molar-refractivity contribution in [2.75, 3.05) is 0 Å². The summed E-state index contributed by atoms with van der Waals surface area (Å²) in [4.78, 5) is 1.25. The predicted molar refractivity (Wildman–Crippen MR) is 81.8 cm³/mol. The Bertz CT molecular complexity index is 505. The van der Waals surface area contributed by atoms with Crippen molar-refractivity contribution in [2.45, 2.75) is 40.0 Å². The number of aryl methyl sites for hydroxylation is 1. The van der Waals surface area contributed by atoms with Gasteiger partial charge in [-0.2, -0.15) is 0 Å². The summed E-state index contributed by atoms with van der Waals surface area (Å²) in [5.41, 5.74) is 2.49. The molecule has 2 aromatic rings. The van der Waals surface area contributed by atoms with E-state index in [-0.39, 0.29) is 0 Å². The van der Waals surface area contributed by atoms with Gasteiger partial charge in [-0.25, -0.2) is 0 Å². The van der Waals surface area contributed by atoms with Crippen LogP contribution >= 0.6 is 11.3 Å². The van der Waals surface area contributed by atoms with Gasteiger partial charge in [0, 0.05) is 23.0 Å². The number of rotatable bonds is 6. The minimum Gasteiger partial charge on any atom is -0.488 e. The number of hydrogen-bond donors (Lipinski definition) is 1. The predicted octanol–water partition coefficient (Wildman–Crippen LogP) is 4.13. The van der Waals surface area contributed by atoms with Crippen molar-refractivity contribution in [3.8, 4) is 5.75 Å². The van der Waals surface area contributed by atoms with Crippen LogP contribution < -0.4 is 10.1 Å². The molecule has 2 nitrogen and oxygen atoms in total. The molecule has 0 saturated heterocycles. The van der Waals surface area contributed by atoms with Crippen molar-refractivity contribution in [1.82, 2.24) is 5.32 Å². The molecule has 0 amide bonds. The third-order valence-electron chi connectivity index (χ3n) is 2.87. The van der Waals surface area contributed by atoms with E-state index in [1.807, 2.05) is 0 Å². The van der Waals surface area contributed by atoms with Crippen molar-refractivity contribution >= 4 is 11.3 Å². The standard InChI is InChI=1S/C16H21NOS/c1-12(2)17-10-14-9-13(3)6-7-16(14)18-11-15-5-4-8-19-15/h4-9,12,17H,10-11H2,1-3H3. The average molecular weight is 275 g/mol. The Balaban J connectivity index is 2.05. The highest BCUT2D eigenvalue weighted by Gasteiger charge is 2.06. The van der Waals surface area contributed by atoms with E-state index in [9.17, 15) is 0 Å². The summed E-state index contributed by atoms with van der Waals surface area (Å²) in [5, 5.41) is 5.52. The van der Waals surface area contributed by atoms with Crippen molar-refractivity contribution in [3.63, 3.8) is 0 Å². The molecule has 1 aromatic heterocycles. The first kappa shape index (κ1) is 14.1. The van der Waals surface area contributed by atoms with Gasteiger partial charge < -0.3 is 10.1 Å². The number of nitrogens with one attached hydrogen (secondary N) is 1. The lowest BCUT2D eigenvalue weighted by Gasteiger charge is -2.14. The molecule has 19 heavy (non-hydrogen) atoms. The third kappa shape index (κ3) is 4.37. The average Bonchev–Trinajstić information content (AvgIpc) is 2.88. The first-order valence-corrected chi connectivity index (χ1v) is 7.51. The maximum Gasteiger partial charge on any atom is 0.124 e. The Kier molecular flexibility index (Phi) is 5.00. The molecule has 0 radical (unpaired) electrons. The van der Waals surface area contributed by atoms with Gasteiger partial charge in [0.25, 0.3) is 0 Å². The zero-order valence-electron chi connectivity index (χ0n) is 11.8. The summed E-state index contributed by atoms with van der Waals surface area (Å²) in [6, 6.07) is 11.0. The summed E-state index contributed by atoms with van der Waals surface area (Å²) < 4.78 is 5.94. The zero-order valence-corrected chi connectivity index (χ0v) is 12.6. The maximum atomic E-state index is 5.94. The van der Waals surface area contributed by atoms with Crippen LogP contribution in [0.5, 0.6) is 5.75 Å². The summed E-state index contributed by atoms with van der Waals surface area (Å²) >= 11 is 1.73. The molecule has 1 aromatic carbocycles. The first-order chi connectivity index (χ1) is 9.15. The Labute approximate surface area is 119 Å². The van der Waals surface area contributed by atoms with E-state index in [0.29, 0.717) is 12.6 Å². The van der Waals surface area contributed by atoms with Gasteiger partial charge in [0.05, 0.1) is 0 Å². The van der Waals surface area contributed by atoms with E-state index < -0.39 is 0 Å². The summed E-state index contributed by atoms with van der Waals surface area (Å²) in [5.74, 6) is 0.979. The van der Waals surface area contributed by atoms with Crippen molar-refractivity contribution in [1.29, 1.82) is 0 Å². The van der Waals surface area contributed by atoms with Crippen LogP contribution in [-0.4, -0.2) is 6.04 Å². The molecule has 0 atom stereocenters. The van der Waals surface area contributed by atoms with Crippen molar-refractivity contribution in [2.24, 2.45) is 0 Å². The minimum atomic E-state index is 0.477. The molecule has 3 heteroatoms. The van der Waals surface area contributed by atoms with Gasteiger partial charge in [-0.15, -0.1) is 11.3 Å². The Hall–Kier alpha value is -1.32. The van der Waals surface area contributed by atoms with E-state index in [2.05, 4.69) is 61.8 Å². The molecule has 102 valence electrons. The fraction of sp³-hybridized carbons (Fsp3) is 0.375.